The second-order valence-electron chi connectivity index (χ2n) is 13.2. The zero-order valence-electron chi connectivity index (χ0n) is 29.1. The molecular weight excluding hydrogens is 575 g/mol. The van der Waals surface area contributed by atoms with Crippen LogP contribution in [0.4, 0.5) is 0 Å². The SMILES string of the molecule is CCCCCC/C=C/CC/C=C/C(O)C(COP(=O)(O)OCC[N+](C)(C)C)NC(=O)CCCCCCCCCCCCCC. The Morgan fingerprint density at radius 3 is 1.82 bits per heavy atom. The number of hydrogen-bond acceptors (Lipinski definition) is 5. The smallest absolute Gasteiger partial charge is 0.387 e. The number of allylic oxidation sites excluding steroid dienone is 3. The van der Waals surface area contributed by atoms with Crippen molar-refractivity contribution >= 4 is 13.7 Å². The number of phosphoric acid groups is 1. The molecule has 0 radical (unpaired) electrons. The van der Waals surface area contributed by atoms with Gasteiger partial charge in [0.15, 0.2) is 0 Å². The number of carbonyl (C=O) groups excluding carboxylic acids is 1. The lowest BCUT2D eigenvalue weighted by Crippen LogP contribution is -2.45. The molecule has 0 heterocycles. The molecule has 8 nitrogen and oxygen atoms in total. The number of phosphoric ester groups is 1. The third-order valence-corrected chi connectivity index (χ3v) is 8.66. The van der Waals surface area contributed by atoms with E-state index in [4.69, 9.17) is 9.05 Å². The molecule has 0 rings (SSSR count). The summed E-state index contributed by atoms with van der Waals surface area (Å²) in [6, 6.07) is -0.854. The average molecular weight is 646 g/mol. The second-order valence-corrected chi connectivity index (χ2v) is 14.7. The van der Waals surface area contributed by atoms with E-state index in [1.165, 1.54) is 83.5 Å². The number of likely N-dealkylation sites (N-methyl/N-ethyl adjacent to an activating group) is 1. The summed E-state index contributed by atoms with van der Waals surface area (Å²) < 4.78 is 23.3. The molecule has 0 aliphatic heterocycles. The van der Waals surface area contributed by atoms with Gasteiger partial charge in [-0.25, -0.2) is 4.57 Å². The number of nitrogens with zero attached hydrogens (tertiary/aromatic N) is 1. The van der Waals surface area contributed by atoms with Crippen molar-refractivity contribution < 1.29 is 32.9 Å². The molecule has 0 aliphatic rings. The molecule has 0 bridgehead atoms. The van der Waals surface area contributed by atoms with Crippen LogP contribution < -0.4 is 5.32 Å². The predicted molar refractivity (Wildman–Crippen MR) is 185 cm³/mol. The van der Waals surface area contributed by atoms with Gasteiger partial charge >= 0.3 is 7.82 Å². The van der Waals surface area contributed by atoms with E-state index in [0.717, 1.165) is 38.5 Å². The molecule has 0 fully saturated rings. The van der Waals surface area contributed by atoms with Crippen molar-refractivity contribution in [3.05, 3.63) is 24.3 Å². The minimum atomic E-state index is -4.33. The number of unbranched alkanes of at least 4 members (excludes halogenated alkanes) is 16. The van der Waals surface area contributed by atoms with Crippen LogP contribution in [-0.4, -0.2) is 73.4 Å². The molecule has 0 aliphatic carbocycles. The summed E-state index contributed by atoms with van der Waals surface area (Å²) in [7, 11) is 1.55. The average Bonchev–Trinajstić information content (AvgIpc) is 2.95. The largest absolute Gasteiger partial charge is 0.472 e. The van der Waals surface area contributed by atoms with Gasteiger partial charge in [0, 0.05) is 6.42 Å². The van der Waals surface area contributed by atoms with Crippen LogP contribution in [0.5, 0.6) is 0 Å². The van der Waals surface area contributed by atoms with E-state index < -0.39 is 20.0 Å². The summed E-state index contributed by atoms with van der Waals surface area (Å²) >= 11 is 0. The van der Waals surface area contributed by atoms with E-state index in [-0.39, 0.29) is 19.1 Å². The fraction of sp³-hybridized carbons (Fsp3) is 0.857. The van der Waals surface area contributed by atoms with Crippen molar-refractivity contribution in [2.45, 2.75) is 154 Å². The van der Waals surface area contributed by atoms with Crippen molar-refractivity contribution in [1.82, 2.24) is 5.32 Å². The summed E-state index contributed by atoms with van der Waals surface area (Å²) in [5.74, 6) is -0.192. The van der Waals surface area contributed by atoms with Gasteiger partial charge in [-0.2, -0.15) is 0 Å². The highest BCUT2D eigenvalue weighted by Gasteiger charge is 2.27. The van der Waals surface area contributed by atoms with Gasteiger partial charge in [0.25, 0.3) is 0 Å². The first-order valence-corrected chi connectivity index (χ1v) is 19.2. The van der Waals surface area contributed by atoms with Crippen molar-refractivity contribution in [3.8, 4) is 0 Å². The first-order chi connectivity index (χ1) is 21.0. The highest BCUT2D eigenvalue weighted by molar-refractivity contribution is 7.47. The van der Waals surface area contributed by atoms with E-state index in [0.29, 0.717) is 17.4 Å². The van der Waals surface area contributed by atoms with Gasteiger partial charge in [-0.3, -0.25) is 13.8 Å². The Labute approximate surface area is 271 Å². The Morgan fingerprint density at radius 2 is 1.25 bits per heavy atom. The molecule has 0 aromatic heterocycles. The zero-order valence-corrected chi connectivity index (χ0v) is 30.0. The quantitative estimate of drug-likeness (QED) is 0.0302. The number of amides is 1. The maximum Gasteiger partial charge on any atom is 0.472 e. The Balaban J connectivity index is 4.62. The number of aliphatic hydroxyl groups excluding tert-OH is 1. The van der Waals surface area contributed by atoms with Crippen LogP contribution in [0.25, 0.3) is 0 Å². The van der Waals surface area contributed by atoms with Crippen LogP contribution >= 0.6 is 7.82 Å². The highest BCUT2D eigenvalue weighted by atomic mass is 31.2. The first-order valence-electron chi connectivity index (χ1n) is 17.7. The van der Waals surface area contributed by atoms with Crippen LogP contribution in [-0.2, 0) is 18.4 Å². The molecule has 0 aromatic rings. The maximum atomic E-state index is 12.7. The zero-order chi connectivity index (χ0) is 32.9. The van der Waals surface area contributed by atoms with Gasteiger partial charge in [-0.05, 0) is 32.1 Å². The van der Waals surface area contributed by atoms with E-state index in [1.54, 1.807) is 6.08 Å². The van der Waals surface area contributed by atoms with Crippen molar-refractivity contribution in [3.63, 3.8) is 0 Å². The minimum absolute atomic E-state index is 0.0574. The summed E-state index contributed by atoms with van der Waals surface area (Å²) in [5.41, 5.74) is 0. The van der Waals surface area contributed by atoms with E-state index in [9.17, 15) is 19.4 Å². The van der Waals surface area contributed by atoms with E-state index in [2.05, 4.69) is 31.3 Å². The van der Waals surface area contributed by atoms with Gasteiger partial charge in [0.05, 0.1) is 39.9 Å². The van der Waals surface area contributed by atoms with Gasteiger partial charge in [-0.1, -0.05) is 128 Å². The summed E-state index contributed by atoms with van der Waals surface area (Å²) in [6.45, 7) is 4.72. The molecule has 0 aromatic carbocycles. The molecular formula is C35H70N2O6P+. The fourth-order valence-electron chi connectivity index (χ4n) is 4.76. The van der Waals surface area contributed by atoms with Crippen LogP contribution in [0.3, 0.4) is 0 Å². The molecule has 9 heteroatoms. The molecule has 3 atom stereocenters. The van der Waals surface area contributed by atoms with Crippen molar-refractivity contribution in [1.29, 1.82) is 0 Å². The topological polar surface area (TPSA) is 105 Å². The molecule has 44 heavy (non-hydrogen) atoms. The maximum absolute atomic E-state index is 12.7. The minimum Gasteiger partial charge on any atom is -0.387 e. The number of nitrogens with one attached hydrogen (secondary N) is 1. The Morgan fingerprint density at radius 1 is 0.750 bits per heavy atom. The normalized spacial score (nSPS) is 15.2. The number of aliphatic hydroxyl groups is 1. The molecule has 260 valence electrons. The van der Waals surface area contributed by atoms with Gasteiger partial charge in [0.2, 0.25) is 5.91 Å². The van der Waals surface area contributed by atoms with Crippen molar-refractivity contribution in [2.24, 2.45) is 0 Å². The predicted octanol–water partition coefficient (Wildman–Crippen LogP) is 8.63. The Hall–Kier alpha value is -1.02. The molecule has 0 saturated carbocycles. The summed E-state index contributed by atoms with van der Waals surface area (Å²) in [6.07, 6.45) is 29.6. The number of carbonyl (C=O) groups is 1. The highest BCUT2D eigenvalue weighted by Crippen LogP contribution is 2.43. The van der Waals surface area contributed by atoms with Gasteiger partial charge in [0.1, 0.15) is 13.2 Å². The molecule has 0 spiro atoms. The monoisotopic (exact) mass is 645 g/mol. The molecule has 1 amide bonds. The van der Waals surface area contributed by atoms with Gasteiger partial charge in [-0.15, -0.1) is 0 Å². The molecule has 0 saturated heterocycles. The lowest BCUT2D eigenvalue weighted by Gasteiger charge is -2.25. The van der Waals surface area contributed by atoms with Crippen LogP contribution in [0, 0.1) is 0 Å². The van der Waals surface area contributed by atoms with Crippen molar-refractivity contribution in [2.75, 3.05) is 40.9 Å². The molecule has 3 N–H and O–H groups in total. The summed E-state index contributed by atoms with van der Waals surface area (Å²) in [5, 5.41) is 13.6. The molecule has 3 unspecified atom stereocenters. The Kier molecular flexibility index (Phi) is 27.6. The van der Waals surface area contributed by atoms with Crippen LogP contribution in [0.1, 0.15) is 142 Å². The Bertz CT molecular complexity index is 784. The number of rotatable bonds is 31. The summed E-state index contributed by atoms with van der Waals surface area (Å²) in [4.78, 5) is 22.9. The lowest BCUT2D eigenvalue weighted by atomic mass is 10.0. The first kappa shape index (κ1) is 43.0. The third-order valence-electron chi connectivity index (χ3n) is 7.67. The van der Waals surface area contributed by atoms with Gasteiger partial charge < -0.3 is 19.8 Å². The number of quaternary nitrogens is 1. The standard InChI is InChI=1S/C35H69N2O6P/c1-6-8-10-12-14-16-18-19-21-23-25-27-29-35(39)36-33(32-43-44(40,41)42-31-30-37(3,4)5)34(38)28-26-24-22-20-17-15-13-11-9-7-2/h17,20,26,28,33-34,38H,6-16,18-19,21-25,27,29-32H2,1-5H3,(H-,36,39,40,41)/p+1/b20-17+,28-26+. The van der Waals surface area contributed by atoms with Crippen LogP contribution in [0.2, 0.25) is 0 Å². The third kappa shape index (κ3) is 29.7. The lowest BCUT2D eigenvalue weighted by molar-refractivity contribution is -0.870. The van der Waals surface area contributed by atoms with E-state index in [1.807, 2.05) is 27.2 Å². The fourth-order valence-corrected chi connectivity index (χ4v) is 5.50. The second kappa shape index (κ2) is 28.2. The van der Waals surface area contributed by atoms with E-state index >= 15 is 0 Å². The van der Waals surface area contributed by atoms with Crippen LogP contribution in [0.15, 0.2) is 24.3 Å². The number of hydrogen-bond donors (Lipinski definition) is 3.